The van der Waals surface area contributed by atoms with Crippen LogP contribution in [-0.4, -0.2) is 33.1 Å². The summed E-state index contributed by atoms with van der Waals surface area (Å²) in [5.74, 6) is 0.256. The first-order valence-corrected chi connectivity index (χ1v) is 14.1. The maximum absolute atomic E-state index is 13.3. The summed E-state index contributed by atoms with van der Waals surface area (Å²) in [6, 6.07) is 16.5. The van der Waals surface area contributed by atoms with Crippen LogP contribution >= 0.6 is 44.0 Å². The van der Waals surface area contributed by atoms with Crippen LogP contribution in [0, 0.1) is 0 Å². The first-order valence-electron chi connectivity index (χ1n) is 12.4. The van der Waals surface area contributed by atoms with Gasteiger partial charge >= 0.3 is 0 Å². The number of halogens is 3. The molecule has 0 bridgehead atoms. The minimum atomic E-state index is -0.209. The van der Waals surface area contributed by atoms with Gasteiger partial charge in [0.15, 0.2) is 0 Å². The molecule has 0 radical (unpaired) electrons. The van der Waals surface area contributed by atoms with Crippen molar-refractivity contribution in [1.82, 2.24) is 14.5 Å². The molecule has 0 N–H and O–H groups in total. The van der Waals surface area contributed by atoms with E-state index < -0.39 is 0 Å². The lowest BCUT2D eigenvalue weighted by molar-refractivity contribution is 0.102. The van der Waals surface area contributed by atoms with Crippen molar-refractivity contribution in [1.29, 1.82) is 0 Å². The molecular formula is C29H29Cl3N3OP. The van der Waals surface area contributed by atoms with E-state index in [2.05, 4.69) is 34.9 Å². The third-order valence-electron chi connectivity index (χ3n) is 7.18. The first-order chi connectivity index (χ1) is 17.5. The maximum atomic E-state index is 13.3. The lowest BCUT2D eigenvalue weighted by Gasteiger charge is -2.40. The molecular weight excluding hydrogens is 544 g/mol. The summed E-state index contributed by atoms with van der Waals surface area (Å²) < 4.78 is 1.61. The van der Waals surface area contributed by atoms with E-state index in [4.69, 9.17) is 39.8 Å². The molecule has 0 aliphatic carbocycles. The van der Waals surface area contributed by atoms with E-state index in [0.717, 1.165) is 53.6 Å². The fourth-order valence-electron chi connectivity index (χ4n) is 5.18. The second-order valence-corrected chi connectivity index (χ2v) is 12.5. The van der Waals surface area contributed by atoms with Crippen molar-refractivity contribution in [2.45, 2.75) is 45.1 Å². The molecule has 0 amide bonds. The van der Waals surface area contributed by atoms with Crippen LogP contribution in [0.4, 0.5) is 0 Å². The zero-order valence-electron chi connectivity index (χ0n) is 21.1. The van der Waals surface area contributed by atoms with E-state index in [1.165, 1.54) is 6.07 Å². The Balaban J connectivity index is 1.77. The molecule has 1 atom stereocenters. The van der Waals surface area contributed by atoms with E-state index in [0.29, 0.717) is 26.3 Å². The highest BCUT2D eigenvalue weighted by Gasteiger charge is 2.29. The number of hydrogen-bond acceptors (Lipinski definition) is 3. The second-order valence-electron chi connectivity index (χ2n) is 10.6. The van der Waals surface area contributed by atoms with Gasteiger partial charge < -0.3 is 0 Å². The summed E-state index contributed by atoms with van der Waals surface area (Å²) in [4.78, 5) is 21.0. The lowest BCUT2D eigenvalue weighted by Crippen LogP contribution is -2.45. The maximum Gasteiger partial charge on any atom is 0.255 e. The number of likely N-dealkylation sites (tertiary alicyclic amines) is 1. The standard InChI is InChI=1S/C29H29Cl3N3OP/c1-29(2,3)34-13-11-17(12-14-34)24-16-25-20(27(33-24)19-8-7-18(37)15-23(19)32)9-10-26(36)35(25)28-21(30)5-4-6-22(28)31/h4-10,15-17H,11-14,37H2,1-3H3. The average Bonchev–Trinajstić information content (AvgIpc) is 2.84. The smallest absolute Gasteiger partial charge is 0.255 e. The predicted octanol–water partition coefficient (Wildman–Crippen LogP) is 7.49. The summed E-state index contributed by atoms with van der Waals surface area (Å²) in [5.41, 5.74) is 3.62. The number of hydrogen-bond donors (Lipinski definition) is 0. The fourth-order valence-corrected chi connectivity index (χ4v) is 6.39. The van der Waals surface area contributed by atoms with Crippen molar-refractivity contribution in [2.75, 3.05) is 13.1 Å². The van der Waals surface area contributed by atoms with Gasteiger partial charge in [-0.3, -0.25) is 19.2 Å². The summed E-state index contributed by atoms with van der Waals surface area (Å²) in [5, 5.41) is 3.22. The Labute approximate surface area is 234 Å². The Morgan fingerprint density at radius 2 is 1.59 bits per heavy atom. The number of piperidine rings is 1. The number of benzene rings is 2. The van der Waals surface area contributed by atoms with Gasteiger partial charge in [-0.1, -0.05) is 53.0 Å². The van der Waals surface area contributed by atoms with Crippen LogP contribution in [0.5, 0.6) is 0 Å². The fraction of sp³-hybridized carbons (Fsp3) is 0.310. The molecule has 1 unspecified atom stereocenters. The van der Waals surface area contributed by atoms with Gasteiger partial charge in [-0.05, 0) is 82.3 Å². The van der Waals surface area contributed by atoms with Gasteiger partial charge in [-0.2, -0.15) is 0 Å². The van der Waals surface area contributed by atoms with E-state index in [1.807, 2.05) is 30.3 Å². The van der Waals surface area contributed by atoms with Crippen molar-refractivity contribution >= 4 is 60.3 Å². The average molecular weight is 573 g/mol. The Morgan fingerprint density at radius 1 is 0.919 bits per heavy atom. The number of fused-ring (bicyclic) bond motifs is 1. The lowest BCUT2D eigenvalue weighted by atomic mass is 9.89. The molecule has 37 heavy (non-hydrogen) atoms. The SMILES string of the molecule is CC(C)(C)N1CCC(c2cc3c(ccc(=O)n3-c3c(Cl)cccc3Cl)c(-c3ccc(P)cc3Cl)n2)CC1. The summed E-state index contributed by atoms with van der Waals surface area (Å²) >= 11 is 19.9. The minimum absolute atomic E-state index is 0.127. The first kappa shape index (κ1) is 26.7. The molecule has 2 aromatic carbocycles. The van der Waals surface area contributed by atoms with Gasteiger partial charge in [0.05, 0.1) is 32.0 Å². The molecule has 1 saturated heterocycles. The topological polar surface area (TPSA) is 38.1 Å². The van der Waals surface area contributed by atoms with Crippen LogP contribution in [0.2, 0.25) is 15.1 Å². The normalized spacial score (nSPS) is 15.4. The van der Waals surface area contributed by atoms with Gasteiger partial charge in [0.25, 0.3) is 5.56 Å². The number of aromatic nitrogens is 2. The number of pyridine rings is 2. The van der Waals surface area contributed by atoms with E-state index >= 15 is 0 Å². The third-order valence-corrected chi connectivity index (χ3v) is 8.46. The highest BCUT2D eigenvalue weighted by atomic mass is 35.5. The molecule has 1 aliphatic rings. The molecule has 192 valence electrons. The Bertz CT molecular complexity index is 1530. The molecule has 2 aromatic heterocycles. The summed E-state index contributed by atoms with van der Waals surface area (Å²) in [6.45, 7) is 8.74. The quantitative estimate of drug-likeness (QED) is 0.239. The molecule has 8 heteroatoms. The molecule has 3 heterocycles. The molecule has 0 saturated carbocycles. The number of nitrogens with zero attached hydrogens (tertiary/aromatic N) is 3. The number of rotatable bonds is 3. The van der Waals surface area contributed by atoms with E-state index in [1.54, 1.807) is 22.8 Å². The van der Waals surface area contributed by atoms with Crippen molar-refractivity contribution in [3.8, 4) is 16.9 Å². The zero-order valence-corrected chi connectivity index (χ0v) is 24.5. The third kappa shape index (κ3) is 5.20. The van der Waals surface area contributed by atoms with Gasteiger partial charge in [-0.15, -0.1) is 9.24 Å². The molecule has 1 fully saturated rings. The largest absolute Gasteiger partial charge is 0.298 e. The van der Waals surface area contributed by atoms with Crippen LogP contribution in [-0.2, 0) is 0 Å². The van der Waals surface area contributed by atoms with Crippen LogP contribution in [0.1, 0.15) is 45.2 Å². The molecule has 4 aromatic rings. The van der Waals surface area contributed by atoms with Gasteiger partial charge in [0, 0.05) is 34.2 Å². The summed E-state index contributed by atoms with van der Waals surface area (Å²) in [6.07, 6.45) is 1.97. The summed E-state index contributed by atoms with van der Waals surface area (Å²) in [7, 11) is 2.67. The molecule has 0 spiro atoms. The van der Waals surface area contributed by atoms with Crippen molar-refractivity contribution in [2.24, 2.45) is 0 Å². The van der Waals surface area contributed by atoms with Crippen LogP contribution in [0.3, 0.4) is 0 Å². The van der Waals surface area contributed by atoms with Crippen LogP contribution in [0.15, 0.2) is 59.4 Å². The monoisotopic (exact) mass is 571 g/mol. The van der Waals surface area contributed by atoms with Gasteiger partial charge in [0.2, 0.25) is 0 Å². The van der Waals surface area contributed by atoms with Crippen molar-refractivity contribution in [3.63, 3.8) is 0 Å². The van der Waals surface area contributed by atoms with Crippen LogP contribution in [0.25, 0.3) is 27.8 Å². The van der Waals surface area contributed by atoms with Crippen LogP contribution < -0.4 is 10.9 Å². The van der Waals surface area contributed by atoms with Crippen molar-refractivity contribution in [3.05, 3.63) is 85.7 Å². The van der Waals surface area contributed by atoms with E-state index in [-0.39, 0.29) is 17.0 Å². The second kappa shape index (κ2) is 10.3. The Hall–Kier alpha value is -1.94. The number of para-hydroxylation sites is 1. The zero-order chi connectivity index (χ0) is 26.5. The molecule has 5 rings (SSSR count). The Kier molecular flexibility index (Phi) is 7.44. The van der Waals surface area contributed by atoms with Gasteiger partial charge in [-0.25, -0.2) is 0 Å². The molecule has 1 aliphatic heterocycles. The predicted molar refractivity (Wildman–Crippen MR) is 160 cm³/mol. The Morgan fingerprint density at radius 3 is 2.22 bits per heavy atom. The highest BCUT2D eigenvalue weighted by Crippen LogP contribution is 2.38. The van der Waals surface area contributed by atoms with Crippen molar-refractivity contribution < 1.29 is 0 Å². The van der Waals surface area contributed by atoms with E-state index in [9.17, 15) is 4.79 Å². The minimum Gasteiger partial charge on any atom is -0.298 e. The van der Waals surface area contributed by atoms with Gasteiger partial charge in [0.1, 0.15) is 0 Å². The highest BCUT2D eigenvalue weighted by molar-refractivity contribution is 7.27. The molecule has 4 nitrogen and oxygen atoms in total.